The summed E-state index contributed by atoms with van der Waals surface area (Å²) in [6, 6.07) is 2.69. The first-order valence-electron chi connectivity index (χ1n) is 5.33. The number of hydrogen-bond donors (Lipinski definition) is 1. The number of nitrogens with one attached hydrogen (secondary N) is 1. The topological polar surface area (TPSA) is 79.6 Å². The van der Waals surface area contributed by atoms with E-state index in [9.17, 15) is 14.4 Å². The van der Waals surface area contributed by atoms with E-state index in [2.05, 4.69) is 5.32 Å². The summed E-state index contributed by atoms with van der Waals surface area (Å²) in [5, 5.41) is 2.21. The van der Waals surface area contributed by atoms with E-state index in [1.807, 2.05) is 0 Å². The van der Waals surface area contributed by atoms with E-state index < -0.39 is 23.3 Å². The van der Waals surface area contributed by atoms with E-state index in [4.69, 9.17) is 4.42 Å². The minimum atomic E-state index is -0.986. The van der Waals surface area contributed by atoms with Gasteiger partial charge in [0, 0.05) is 0 Å². The smallest absolute Gasteiger partial charge is 0.331 e. The van der Waals surface area contributed by atoms with E-state index >= 15 is 0 Å². The van der Waals surface area contributed by atoms with Gasteiger partial charge in [-0.15, -0.1) is 0 Å². The maximum Gasteiger partial charge on any atom is 0.331 e. The number of rotatable bonds is 2. The van der Waals surface area contributed by atoms with Gasteiger partial charge in [0.15, 0.2) is 0 Å². The normalized spacial score (nSPS) is 21.9. The molecule has 1 aliphatic carbocycles. The molecule has 3 rings (SSSR count). The Balaban J connectivity index is 1.86. The molecule has 2 heterocycles. The van der Waals surface area contributed by atoms with Crippen molar-refractivity contribution in [2.24, 2.45) is 5.41 Å². The van der Waals surface area contributed by atoms with Crippen molar-refractivity contribution in [2.45, 2.75) is 19.4 Å². The van der Waals surface area contributed by atoms with Crippen LogP contribution in [0.5, 0.6) is 0 Å². The Morgan fingerprint density at radius 3 is 2.71 bits per heavy atom. The molecule has 1 aromatic heterocycles. The maximum atomic E-state index is 12.1. The van der Waals surface area contributed by atoms with Crippen molar-refractivity contribution in [1.29, 1.82) is 0 Å². The van der Waals surface area contributed by atoms with Crippen LogP contribution in [0.3, 0.4) is 0 Å². The number of urea groups is 1. The molecule has 0 radical (unpaired) electrons. The number of nitrogens with zero attached hydrogens (tertiary/aromatic N) is 1. The van der Waals surface area contributed by atoms with Gasteiger partial charge >= 0.3 is 6.03 Å². The fourth-order valence-corrected chi connectivity index (χ4v) is 2.00. The van der Waals surface area contributed by atoms with Crippen LogP contribution in [0.2, 0.25) is 0 Å². The van der Waals surface area contributed by atoms with Gasteiger partial charge in [0.1, 0.15) is 11.2 Å². The summed E-state index contributed by atoms with van der Waals surface area (Å²) in [6.07, 6.45) is 2.50. The second-order valence-electron chi connectivity index (χ2n) is 4.31. The van der Waals surface area contributed by atoms with Gasteiger partial charge in [0.05, 0.1) is 12.8 Å². The third-order valence-corrected chi connectivity index (χ3v) is 3.20. The van der Waals surface area contributed by atoms with Crippen LogP contribution in [0.1, 0.15) is 18.6 Å². The Hall–Kier alpha value is -2.11. The molecule has 1 spiro atoms. The summed E-state index contributed by atoms with van der Waals surface area (Å²) in [5.74, 6) is -0.371. The van der Waals surface area contributed by atoms with E-state index in [-0.39, 0.29) is 6.54 Å². The van der Waals surface area contributed by atoms with Crippen molar-refractivity contribution < 1.29 is 18.8 Å². The lowest BCUT2D eigenvalue weighted by atomic mass is 10.0. The number of furan rings is 1. The van der Waals surface area contributed by atoms with Gasteiger partial charge in [-0.1, -0.05) is 0 Å². The standard InChI is InChI=1S/C11H10N2O4/c14-8-11(3-4-11)9(15)13(10(16)12-8)6-7-2-1-5-17-7/h1-2,5H,3-4,6H2,(H,12,14,16). The van der Waals surface area contributed by atoms with E-state index in [0.29, 0.717) is 18.6 Å². The summed E-state index contributed by atoms with van der Waals surface area (Å²) in [7, 11) is 0. The average Bonchev–Trinajstić information content (AvgIpc) is 2.95. The molecule has 88 valence electrons. The lowest BCUT2D eigenvalue weighted by Crippen LogP contribution is -2.58. The minimum absolute atomic E-state index is 0.0622. The molecule has 1 aliphatic heterocycles. The lowest BCUT2D eigenvalue weighted by molar-refractivity contribution is -0.145. The van der Waals surface area contributed by atoms with Crippen LogP contribution < -0.4 is 5.32 Å². The molecule has 6 nitrogen and oxygen atoms in total. The summed E-state index contributed by atoms with van der Waals surface area (Å²) < 4.78 is 5.09. The molecule has 17 heavy (non-hydrogen) atoms. The molecule has 2 aliphatic rings. The monoisotopic (exact) mass is 234 g/mol. The van der Waals surface area contributed by atoms with Gasteiger partial charge in [-0.25, -0.2) is 4.79 Å². The molecule has 1 saturated carbocycles. The zero-order chi connectivity index (χ0) is 12.0. The third kappa shape index (κ3) is 1.37. The van der Waals surface area contributed by atoms with E-state index in [1.165, 1.54) is 6.26 Å². The molecule has 2 fully saturated rings. The Morgan fingerprint density at radius 2 is 2.12 bits per heavy atom. The van der Waals surface area contributed by atoms with Crippen molar-refractivity contribution in [3.63, 3.8) is 0 Å². The largest absolute Gasteiger partial charge is 0.467 e. The highest BCUT2D eigenvalue weighted by molar-refractivity contribution is 6.20. The quantitative estimate of drug-likeness (QED) is 0.761. The fourth-order valence-electron chi connectivity index (χ4n) is 2.00. The van der Waals surface area contributed by atoms with Gasteiger partial charge in [-0.05, 0) is 25.0 Å². The number of amides is 4. The molecule has 1 saturated heterocycles. The molecule has 6 heteroatoms. The summed E-state index contributed by atoms with van der Waals surface area (Å²) in [5.41, 5.74) is -0.986. The summed E-state index contributed by atoms with van der Waals surface area (Å²) >= 11 is 0. The van der Waals surface area contributed by atoms with Gasteiger partial charge in [-0.3, -0.25) is 19.8 Å². The second kappa shape index (κ2) is 3.19. The summed E-state index contributed by atoms with van der Waals surface area (Å²) in [4.78, 5) is 36.2. The van der Waals surface area contributed by atoms with E-state index in [1.54, 1.807) is 12.1 Å². The Morgan fingerprint density at radius 1 is 1.35 bits per heavy atom. The molecular formula is C11H10N2O4. The lowest BCUT2D eigenvalue weighted by Gasteiger charge is -2.29. The molecule has 0 aromatic carbocycles. The first-order valence-corrected chi connectivity index (χ1v) is 5.33. The minimum Gasteiger partial charge on any atom is -0.467 e. The molecule has 4 amide bonds. The number of imide groups is 2. The van der Waals surface area contributed by atoms with Crippen LogP contribution in [0.25, 0.3) is 0 Å². The van der Waals surface area contributed by atoms with Crippen molar-refractivity contribution in [2.75, 3.05) is 0 Å². The maximum absolute atomic E-state index is 12.1. The van der Waals surface area contributed by atoms with Crippen molar-refractivity contribution in [3.8, 4) is 0 Å². The molecule has 0 unspecified atom stereocenters. The average molecular weight is 234 g/mol. The highest BCUT2D eigenvalue weighted by Gasteiger charge is 2.62. The van der Waals surface area contributed by atoms with Crippen LogP contribution in [0.15, 0.2) is 22.8 Å². The molecule has 0 atom stereocenters. The Kier molecular flexibility index (Phi) is 1.89. The van der Waals surface area contributed by atoms with Gasteiger partial charge in [0.25, 0.3) is 0 Å². The van der Waals surface area contributed by atoms with Gasteiger partial charge < -0.3 is 4.42 Å². The first kappa shape index (κ1) is 10.1. The number of hydrogen-bond acceptors (Lipinski definition) is 4. The second-order valence-corrected chi connectivity index (χ2v) is 4.31. The van der Waals surface area contributed by atoms with E-state index in [0.717, 1.165) is 4.90 Å². The fraction of sp³-hybridized carbons (Fsp3) is 0.364. The summed E-state index contributed by atoms with van der Waals surface area (Å²) in [6.45, 7) is 0.0622. The van der Waals surface area contributed by atoms with Crippen molar-refractivity contribution in [1.82, 2.24) is 10.2 Å². The SMILES string of the molecule is O=C1NC(=O)C2(CC2)C(=O)N1Cc1ccco1. The van der Waals surface area contributed by atoms with Crippen LogP contribution >= 0.6 is 0 Å². The van der Waals surface area contributed by atoms with Crippen LogP contribution in [-0.2, 0) is 16.1 Å². The zero-order valence-electron chi connectivity index (χ0n) is 8.93. The molecule has 1 aromatic rings. The first-order chi connectivity index (χ1) is 8.13. The molecule has 1 N–H and O–H groups in total. The number of carbonyl (C=O) groups excluding carboxylic acids is 3. The van der Waals surface area contributed by atoms with Crippen LogP contribution in [0.4, 0.5) is 4.79 Å². The van der Waals surface area contributed by atoms with Gasteiger partial charge in [0.2, 0.25) is 11.8 Å². The predicted molar refractivity (Wildman–Crippen MR) is 54.5 cm³/mol. The number of carbonyl (C=O) groups is 3. The van der Waals surface area contributed by atoms with Crippen LogP contribution in [-0.4, -0.2) is 22.7 Å². The Labute approximate surface area is 96.6 Å². The predicted octanol–water partition coefficient (Wildman–Crippen LogP) is 0.638. The van der Waals surface area contributed by atoms with Crippen molar-refractivity contribution in [3.05, 3.63) is 24.2 Å². The van der Waals surface area contributed by atoms with Crippen LogP contribution in [0, 0.1) is 5.41 Å². The zero-order valence-corrected chi connectivity index (χ0v) is 8.93. The third-order valence-electron chi connectivity index (χ3n) is 3.20. The van der Waals surface area contributed by atoms with Crippen molar-refractivity contribution >= 4 is 17.8 Å². The molecular weight excluding hydrogens is 224 g/mol. The Bertz CT molecular complexity index is 502. The van der Waals surface area contributed by atoms with Gasteiger partial charge in [-0.2, -0.15) is 0 Å². The number of barbiturate groups is 1. The highest BCUT2D eigenvalue weighted by atomic mass is 16.3. The molecule has 0 bridgehead atoms. The highest BCUT2D eigenvalue weighted by Crippen LogP contribution is 2.49.